The summed E-state index contributed by atoms with van der Waals surface area (Å²) in [5.74, 6) is 1.11. The summed E-state index contributed by atoms with van der Waals surface area (Å²) in [6.07, 6.45) is 11.6. The first-order valence-electron chi connectivity index (χ1n) is 9.41. The van der Waals surface area contributed by atoms with Crippen LogP contribution in [0.15, 0.2) is 30.6 Å². The van der Waals surface area contributed by atoms with Crippen molar-refractivity contribution in [1.29, 1.82) is 0 Å². The normalized spacial score (nSPS) is 19.4. The highest BCUT2D eigenvalue weighted by molar-refractivity contribution is 5.64. The lowest BCUT2D eigenvalue weighted by atomic mass is 9.92. The molecule has 2 nitrogen and oxygen atoms in total. The van der Waals surface area contributed by atoms with Gasteiger partial charge < -0.3 is 9.80 Å². The van der Waals surface area contributed by atoms with Gasteiger partial charge in [0.15, 0.2) is 0 Å². The Bertz CT molecular complexity index is 527. The van der Waals surface area contributed by atoms with E-state index in [4.69, 9.17) is 0 Å². The van der Waals surface area contributed by atoms with Crippen molar-refractivity contribution in [3.05, 3.63) is 41.7 Å². The number of hydrogen-bond acceptors (Lipinski definition) is 2. The fraction of sp³-hybridized carbons (Fsp3) is 0.619. The van der Waals surface area contributed by atoms with E-state index in [1.807, 2.05) is 0 Å². The number of rotatable bonds is 4. The minimum absolute atomic E-state index is 0.556. The maximum absolute atomic E-state index is 2.57. The molecule has 0 amide bonds. The Balaban J connectivity index is 1.86. The molecule has 0 N–H and O–H groups in total. The van der Waals surface area contributed by atoms with Crippen molar-refractivity contribution in [2.45, 2.75) is 77.7 Å². The van der Waals surface area contributed by atoms with Crippen LogP contribution >= 0.6 is 0 Å². The topological polar surface area (TPSA) is 6.48 Å². The van der Waals surface area contributed by atoms with Crippen LogP contribution in [0.1, 0.15) is 82.8 Å². The fourth-order valence-electron chi connectivity index (χ4n) is 4.07. The van der Waals surface area contributed by atoms with Crippen LogP contribution < -0.4 is 4.90 Å². The molecule has 0 saturated heterocycles. The van der Waals surface area contributed by atoms with Crippen LogP contribution in [0.3, 0.4) is 0 Å². The van der Waals surface area contributed by atoms with Crippen LogP contribution in [-0.2, 0) is 0 Å². The Morgan fingerprint density at radius 3 is 2.04 bits per heavy atom. The molecule has 1 fully saturated rings. The van der Waals surface area contributed by atoms with Gasteiger partial charge in [-0.15, -0.1) is 0 Å². The first-order chi connectivity index (χ1) is 11.1. The van der Waals surface area contributed by atoms with E-state index in [9.17, 15) is 0 Å². The molecule has 1 aromatic rings. The lowest BCUT2D eigenvalue weighted by molar-refractivity contribution is 0.232. The van der Waals surface area contributed by atoms with Gasteiger partial charge in [-0.05, 0) is 35.8 Å². The maximum Gasteiger partial charge on any atom is 0.0944 e. The third-order valence-corrected chi connectivity index (χ3v) is 5.43. The van der Waals surface area contributed by atoms with Crippen LogP contribution in [0, 0.1) is 0 Å². The number of para-hydroxylation sites is 1. The van der Waals surface area contributed by atoms with Gasteiger partial charge in [-0.1, -0.05) is 65.2 Å². The molecule has 2 aliphatic rings. The zero-order valence-electron chi connectivity index (χ0n) is 15.3. The lowest BCUT2D eigenvalue weighted by Crippen LogP contribution is -2.35. The zero-order valence-corrected chi connectivity index (χ0v) is 15.3. The van der Waals surface area contributed by atoms with Crippen molar-refractivity contribution in [2.24, 2.45) is 0 Å². The van der Waals surface area contributed by atoms with Crippen LogP contribution in [-0.4, -0.2) is 17.6 Å². The second-order valence-corrected chi connectivity index (χ2v) is 7.81. The summed E-state index contributed by atoms with van der Waals surface area (Å²) in [7, 11) is 0. The van der Waals surface area contributed by atoms with E-state index in [-0.39, 0.29) is 0 Å². The molecule has 1 saturated carbocycles. The highest BCUT2D eigenvalue weighted by Crippen LogP contribution is 2.37. The maximum atomic E-state index is 2.57. The molecule has 23 heavy (non-hydrogen) atoms. The summed E-state index contributed by atoms with van der Waals surface area (Å²) < 4.78 is 0. The molecule has 0 radical (unpaired) electrons. The monoisotopic (exact) mass is 312 g/mol. The van der Waals surface area contributed by atoms with Gasteiger partial charge in [0.1, 0.15) is 0 Å². The van der Waals surface area contributed by atoms with E-state index in [0.29, 0.717) is 11.8 Å². The summed E-state index contributed by atoms with van der Waals surface area (Å²) in [4.78, 5) is 5.06. The van der Waals surface area contributed by atoms with E-state index in [1.165, 1.54) is 48.9 Å². The number of anilines is 1. The number of nitrogens with zero attached hydrogens (tertiary/aromatic N) is 2. The van der Waals surface area contributed by atoms with E-state index in [0.717, 1.165) is 12.7 Å². The molecule has 3 rings (SSSR count). The van der Waals surface area contributed by atoms with Crippen molar-refractivity contribution >= 4 is 5.69 Å². The molecule has 1 aliphatic carbocycles. The zero-order chi connectivity index (χ0) is 16.4. The van der Waals surface area contributed by atoms with Crippen molar-refractivity contribution in [1.82, 2.24) is 4.90 Å². The van der Waals surface area contributed by atoms with Gasteiger partial charge in [0.25, 0.3) is 0 Å². The third-order valence-electron chi connectivity index (χ3n) is 5.43. The predicted molar refractivity (Wildman–Crippen MR) is 99.8 cm³/mol. The van der Waals surface area contributed by atoms with Crippen molar-refractivity contribution in [3.63, 3.8) is 0 Å². The molecule has 1 aliphatic heterocycles. The van der Waals surface area contributed by atoms with Gasteiger partial charge in [0, 0.05) is 24.1 Å². The Kier molecular flexibility index (Phi) is 4.99. The van der Waals surface area contributed by atoms with Gasteiger partial charge in [0.2, 0.25) is 0 Å². The lowest BCUT2D eigenvalue weighted by Gasteiger charge is -2.34. The largest absolute Gasteiger partial charge is 0.355 e. The fourth-order valence-corrected chi connectivity index (χ4v) is 4.07. The van der Waals surface area contributed by atoms with Crippen molar-refractivity contribution in [3.8, 4) is 0 Å². The molecule has 0 spiro atoms. The van der Waals surface area contributed by atoms with E-state index < -0.39 is 0 Å². The van der Waals surface area contributed by atoms with Gasteiger partial charge >= 0.3 is 0 Å². The Labute approximate surface area is 142 Å². The highest BCUT2D eigenvalue weighted by atomic mass is 15.4. The van der Waals surface area contributed by atoms with E-state index in [1.54, 1.807) is 0 Å². The SMILES string of the molecule is CC(C)c1cccc(C(C)C)c1N1C=CN(C2CCCCC2)C1. The first-order valence-corrected chi connectivity index (χ1v) is 9.41. The molecular formula is C21H32N2. The molecule has 1 aromatic carbocycles. The minimum atomic E-state index is 0.556. The summed E-state index contributed by atoms with van der Waals surface area (Å²) in [6.45, 7) is 10.3. The average Bonchev–Trinajstić information content (AvgIpc) is 3.04. The van der Waals surface area contributed by atoms with Gasteiger partial charge in [-0.3, -0.25) is 0 Å². The standard InChI is InChI=1S/C21H32N2/c1-16(2)19-11-8-12-20(17(3)4)21(19)23-14-13-22(15-23)18-9-6-5-7-10-18/h8,11-14,16-18H,5-7,9-10,15H2,1-4H3. The predicted octanol–water partition coefficient (Wildman–Crippen LogP) is 5.82. The summed E-state index contributed by atoms with van der Waals surface area (Å²) in [5, 5.41) is 0. The molecule has 0 atom stereocenters. The van der Waals surface area contributed by atoms with Crippen molar-refractivity contribution < 1.29 is 0 Å². The van der Waals surface area contributed by atoms with Gasteiger partial charge in [0.05, 0.1) is 6.67 Å². The van der Waals surface area contributed by atoms with Crippen molar-refractivity contribution in [2.75, 3.05) is 11.6 Å². The molecule has 2 heteroatoms. The number of benzene rings is 1. The average molecular weight is 313 g/mol. The molecule has 1 heterocycles. The summed E-state index contributed by atoms with van der Waals surface area (Å²) >= 11 is 0. The second-order valence-electron chi connectivity index (χ2n) is 7.81. The second kappa shape index (κ2) is 6.98. The Morgan fingerprint density at radius 1 is 0.870 bits per heavy atom. The molecular weight excluding hydrogens is 280 g/mol. The Hall–Kier alpha value is -1.44. The summed E-state index contributed by atoms with van der Waals surface area (Å²) in [6, 6.07) is 7.59. The Morgan fingerprint density at radius 2 is 1.48 bits per heavy atom. The summed E-state index contributed by atoms with van der Waals surface area (Å²) in [5.41, 5.74) is 4.41. The van der Waals surface area contributed by atoms with Crippen LogP contribution in [0.25, 0.3) is 0 Å². The number of hydrogen-bond donors (Lipinski definition) is 0. The van der Waals surface area contributed by atoms with Crippen LogP contribution in [0.5, 0.6) is 0 Å². The molecule has 0 aromatic heterocycles. The quantitative estimate of drug-likeness (QED) is 0.691. The van der Waals surface area contributed by atoms with E-state index in [2.05, 4.69) is 68.1 Å². The highest BCUT2D eigenvalue weighted by Gasteiger charge is 2.26. The van der Waals surface area contributed by atoms with Crippen LogP contribution in [0.2, 0.25) is 0 Å². The smallest absolute Gasteiger partial charge is 0.0944 e. The third kappa shape index (κ3) is 3.41. The minimum Gasteiger partial charge on any atom is -0.355 e. The molecule has 126 valence electrons. The van der Waals surface area contributed by atoms with Gasteiger partial charge in [-0.2, -0.15) is 0 Å². The van der Waals surface area contributed by atoms with E-state index >= 15 is 0 Å². The molecule has 0 bridgehead atoms. The van der Waals surface area contributed by atoms with Gasteiger partial charge in [-0.25, -0.2) is 0 Å². The van der Waals surface area contributed by atoms with Crippen LogP contribution in [0.4, 0.5) is 5.69 Å². The molecule has 0 unspecified atom stereocenters. The first kappa shape index (κ1) is 16.4.